The van der Waals surface area contributed by atoms with Gasteiger partial charge < -0.3 is 10.2 Å². The van der Waals surface area contributed by atoms with Crippen LogP contribution in [0.15, 0.2) is 29.7 Å². The molecule has 2 aromatic heterocycles. The van der Waals surface area contributed by atoms with E-state index < -0.39 is 6.10 Å². The standard InChI is InChI=1S/C16H22N4O2S/c21-10-14(22)11-23-16-19-18-15(12-6-8-17-9-7-12)20(16)13-4-2-1-3-5-13/h6-9,13-14,21-22H,1-5,10-11H2. The Morgan fingerprint density at radius 3 is 2.61 bits per heavy atom. The van der Waals surface area contributed by atoms with Gasteiger partial charge in [0.25, 0.3) is 0 Å². The zero-order chi connectivity index (χ0) is 16.1. The van der Waals surface area contributed by atoms with Gasteiger partial charge in [0, 0.05) is 29.8 Å². The summed E-state index contributed by atoms with van der Waals surface area (Å²) in [6.07, 6.45) is 8.79. The van der Waals surface area contributed by atoms with Crippen LogP contribution in [0.4, 0.5) is 0 Å². The molecule has 7 heteroatoms. The Balaban J connectivity index is 1.91. The summed E-state index contributed by atoms with van der Waals surface area (Å²) in [7, 11) is 0. The number of aliphatic hydroxyl groups is 2. The van der Waals surface area contributed by atoms with Crippen LogP contribution >= 0.6 is 11.8 Å². The summed E-state index contributed by atoms with van der Waals surface area (Å²) in [5.74, 6) is 1.28. The highest BCUT2D eigenvalue weighted by molar-refractivity contribution is 7.99. The number of hydrogen-bond acceptors (Lipinski definition) is 6. The van der Waals surface area contributed by atoms with Gasteiger partial charge >= 0.3 is 0 Å². The molecular formula is C16H22N4O2S. The van der Waals surface area contributed by atoms with Gasteiger partial charge in [-0.15, -0.1) is 10.2 Å². The number of nitrogens with zero attached hydrogens (tertiary/aromatic N) is 4. The fourth-order valence-corrected chi connectivity index (χ4v) is 3.89. The van der Waals surface area contributed by atoms with Crippen LogP contribution in [-0.4, -0.2) is 48.4 Å². The quantitative estimate of drug-likeness (QED) is 0.789. The summed E-state index contributed by atoms with van der Waals surface area (Å²) >= 11 is 1.45. The summed E-state index contributed by atoms with van der Waals surface area (Å²) in [5.41, 5.74) is 1.01. The molecule has 1 aliphatic rings. The number of hydrogen-bond donors (Lipinski definition) is 2. The zero-order valence-corrected chi connectivity index (χ0v) is 13.8. The molecule has 1 aliphatic carbocycles. The summed E-state index contributed by atoms with van der Waals surface area (Å²) in [5, 5.41) is 28.1. The van der Waals surface area contributed by atoms with Crippen LogP contribution in [0.3, 0.4) is 0 Å². The monoisotopic (exact) mass is 334 g/mol. The van der Waals surface area contributed by atoms with E-state index in [0.717, 1.165) is 29.4 Å². The molecule has 2 aromatic rings. The fourth-order valence-electron chi connectivity index (χ4n) is 2.97. The molecule has 2 N–H and O–H groups in total. The van der Waals surface area contributed by atoms with E-state index >= 15 is 0 Å². The first kappa shape index (κ1) is 16.4. The van der Waals surface area contributed by atoms with Gasteiger partial charge in [-0.2, -0.15) is 0 Å². The van der Waals surface area contributed by atoms with Crippen molar-refractivity contribution in [1.29, 1.82) is 0 Å². The highest BCUT2D eigenvalue weighted by atomic mass is 32.2. The van der Waals surface area contributed by atoms with E-state index in [9.17, 15) is 5.11 Å². The van der Waals surface area contributed by atoms with Crippen LogP contribution in [0, 0.1) is 0 Å². The van der Waals surface area contributed by atoms with Crippen molar-refractivity contribution in [3.05, 3.63) is 24.5 Å². The normalized spacial score (nSPS) is 17.3. The molecule has 1 saturated carbocycles. The van der Waals surface area contributed by atoms with E-state index in [2.05, 4.69) is 19.7 Å². The predicted molar refractivity (Wildman–Crippen MR) is 89.2 cm³/mol. The first-order valence-electron chi connectivity index (χ1n) is 8.06. The molecular weight excluding hydrogens is 312 g/mol. The molecule has 0 amide bonds. The van der Waals surface area contributed by atoms with Crippen LogP contribution < -0.4 is 0 Å². The molecule has 6 nitrogen and oxygen atoms in total. The molecule has 0 saturated heterocycles. The molecule has 0 radical (unpaired) electrons. The first-order chi connectivity index (χ1) is 11.3. The Bertz CT molecular complexity index is 614. The predicted octanol–water partition coefficient (Wildman–Crippen LogP) is 2.29. The Kier molecular flexibility index (Phi) is 5.64. The number of thioether (sulfide) groups is 1. The molecule has 3 rings (SSSR count). The average Bonchev–Trinajstić information content (AvgIpc) is 3.05. The second-order valence-corrected chi connectivity index (χ2v) is 6.84. The molecule has 0 aromatic carbocycles. The van der Waals surface area contributed by atoms with Crippen molar-refractivity contribution in [2.24, 2.45) is 0 Å². The van der Waals surface area contributed by atoms with Gasteiger partial charge in [-0.25, -0.2) is 0 Å². The first-order valence-corrected chi connectivity index (χ1v) is 9.05. The Hall–Kier alpha value is -1.44. The maximum Gasteiger partial charge on any atom is 0.191 e. The Morgan fingerprint density at radius 1 is 1.17 bits per heavy atom. The molecule has 0 spiro atoms. The minimum absolute atomic E-state index is 0.234. The van der Waals surface area contributed by atoms with E-state index in [4.69, 9.17) is 5.11 Å². The van der Waals surface area contributed by atoms with Crippen LogP contribution in [0.1, 0.15) is 38.1 Å². The van der Waals surface area contributed by atoms with Crippen LogP contribution in [-0.2, 0) is 0 Å². The largest absolute Gasteiger partial charge is 0.394 e. The van der Waals surface area contributed by atoms with Crippen molar-refractivity contribution in [2.45, 2.75) is 49.4 Å². The van der Waals surface area contributed by atoms with Gasteiger partial charge in [0.05, 0.1) is 12.7 Å². The topological polar surface area (TPSA) is 84.1 Å². The van der Waals surface area contributed by atoms with Crippen molar-refractivity contribution in [3.8, 4) is 11.4 Å². The van der Waals surface area contributed by atoms with Gasteiger partial charge in [0.1, 0.15) is 0 Å². The van der Waals surface area contributed by atoms with Crippen molar-refractivity contribution < 1.29 is 10.2 Å². The van der Waals surface area contributed by atoms with E-state index in [1.54, 1.807) is 12.4 Å². The summed E-state index contributed by atoms with van der Waals surface area (Å²) in [6.45, 7) is -0.234. The number of pyridine rings is 1. The van der Waals surface area contributed by atoms with Gasteiger partial charge in [0.2, 0.25) is 0 Å². The van der Waals surface area contributed by atoms with E-state index in [1.807, 2.05) is 12.1 Å². The third-order valence-corrected chi connectivity index (χ3v) is 5.25. The summed E-state index contributed by atoms with van der Waals surface area (Å²) in [6, 6.07) is 4.29. The number of aliphatic hydroxyl groups excluding tert-OH is 2. The highest BCUT2D eigenvalue weighted by Crippen LogP contribution is 2.35. The third kappa shape index (κ3) is 3.91. The third-order valence-electron chi connectivity index (χ3n) is 4.16. The summed E-state index contributed by atoms with van der Waals surface area (Å²) in [4.78, 5) is 4.07. The zero-order valence-electron chi connectivity index (χ0n) is 13.0. The van der Waals surface area contributed by atoms with Crippen molar-refractivity contribution in [1.82, 2.24) is 19.7 Å². The van der Waals surface area contributed by atoms with Gasteiger partial charge in [-0.1, -0.05) is 31.0 Å². The number of rotatable bonds is 6. The maximum atomic E-state index is 9.61. The fraction of sp³-hybridized carbons (Fsp3) is 0.562. The Morgan fingerprint density at radius 2 is 1.91 bits per heavy atom. The lowest BCUT2D eigenvalue weighted by atomic mass is 9.95. The highest BCUT2D eigenvalue weighted by Gasteiger charge is 2.24. The summed E-state index contributed by atoms with van der Waals surface area (Å²) < 4.78 is 2.21. The van der Waals surface area contributed by atoms with Crippen molar-refractivity contribution >= 4 is 11.8 Å². The molecule has 0 aliphatic heterocycles. The molecule has 124 valence electrons. The van der Waals surface area contributed by atoms with Gasteiger partial charge in [-0.05, 0) is 25.0 Å². The lowest BCUT2D eigenvalue weighted by Gasteiger charge is -2.25. The Labute approximate surface area is 140 Å². The van der Waals surface area contributed by atoms with Gasteiger partial charge in [-0.3, -0.25) is 9.55 Å². The molecule has 0 bridgehead atoms. The molecule has 2 heterocycles. The SMILES string of the molecule is OCC(O)CSc1nnc(-c2ccncc2)n1C1CCCCC1. The molecule has 1 fully saturated rings. The van der Waals surface area contributed by atoms with Crippen LogP contribution in [0.2, 0.25) is 0 Å². The minimum Gasteiger partial charge on any atom is -0.394 e. The second kappa shape index (κ2) is 7.90. The number of aromatic nitrogens is 4. The van der Waals surface area contributed by atoms with E-state index in [1.165, 1.54) is 31.0 Å². The molecule has 1 atom stereocenters. The second-order valence-electron chi connectivity index (χ2n) is 5.85. The maximum absolute atomic E-state index is 9.61. The lowest BCUT2D eigenvalue weighted by Crippen LogP contribution is -2.18. The molecule has 1 unspecified atom stereocenters. The van der Waals surface area contributed by atoms with Crippen LogP contribution in [0.5, 0.6) is 0 Å². The average molecular weight is 334 g/mol. The van der Waals surface area contributed by atoms with Crippen molar-refractivity contribution in [2.75, 3.05) is 12.4 Å². The molecule has 23 heavy (non-hydrogen) atoms. The van der Waals surface area contributed by atoms with E-state index in [-0.39, 0.29) is 6.61 Å². The van der Waals surface area contributed by atoms with Crippen LogP contribution in [0.25, 0.3) is 11.4 Å². The van der Waals surface area contributed by atoms with E-state index in [0.29, 0.717) is 11.8 Å². The lowest BCUT2D eigenvalue weighted by molar-refractivity contribution is 0.113. The van der Waals surface area contributed by atoms with Gasteiger partial charge in [0.15, 0.2) is 11.0 Å². The minimum atomic E-state index is -0.735. The van der Waals surface area contributed by atoms with Crippen molar-refractivity contribution in [3.63, 3.8) is 0 Å². The smallest absolute Gasteiger partial charge is 0.191 e.